The number of nitrogens with zero attached hydrogens (tertiary/aromatic N) is 2. The Hall–Kier alpha value is -1.89. The minimum absolute atomic E-state index is 0.0165. The molecule has 2 fully saturated rings. The number of morpholine rings is 1. The van der Waals surface area contributed by atoms with Crippen LogP contribution in [0.2, 0.25) is 0 Å². The fraction of sp³-hybridized carbons (Fsp3) is 0.706. The summed E-state index contributed by atoms with van der Waals surface area (Å²) < 4.78 is 7.39. The van der Waals surface area contributed by atoms with Gasteiger partial charge in [-0.15, -0.1) is 0 Å². The van der Waals surface area contributed by atoms with Crippen molar-refractivity contribution in [2.45, 2.75) is 51.2 Å². The number of nitrogens with one attached hydrogen (secondary N) is 1. The highest BCUT2D eigenvalue weighted by Crippen LogP contribution is 2.37. The molecule has 24 heavy (non-hydrogen) atoms. The zero-order valence-corrected chi connectivity index (χ0v) is 14.3. The van der Waals surface area contributed by atoms with Crippen molar-refractivity contribution in [2.24, 2.45) is 13.0 Å². The second-order valence-corrected chi connectivity index (χ2v) is 6.90. The summed E-state index contributed by atoms with van der Waals surface area (Å²) in [5, 5.41) is 0. The van der Waals surface area contributed by atoms with Crippen LogP contribution in [-0.2, 0) is 11.8 Å². The number of rotatable bonds is 5. The fourth-order valence-electron chi connectivity index (χ4n) is 3.24. The smallest absolute Gasteiger partial charge is 0.328 e. The van der Waals surface area contributed by atoms with Crippen LogP contribution in [0.3, 0.4) is 0 Å². The van der Waals surface area contributed by atoms with Crippen molar-refractivity contribution in [3.05, 3.63) is 32.6 Å². The van der Waals surface area contributed by atoms with Gasteiger partial charge in [-0.2, -0.15) is 0 Å². The lowest BCUT2D eigenvalue weighted by Crippen LogP contribution is -2.52. The summed E-state index contributed by atoms with van der Waals surface area (Å²) in [6, 6.07) is 0. The molecule has 1 amide bonds. The lowest BCUT2D eigenvalue weighted by Gasteiger charge is -2.38. The summed E-state index contributed by atoms with van der Waals surface area (Å²) in [5.41, 5.74) is -1.12. The summed E-state index contributed by atoms with van der Waals surface area (Å²) in [6.45, 7) is 3.16. The first-order chi connectivity index (χ1) is 11.5. The molecule has 2 aliphatic rings. The molecular weight excluding hydrogens is 310 g/mol. The summed E-state index contributed by atoms with van der Waals surface area (Å²) in [7, 11) is 1.52. The third-order valence-electron chi connectivity index (χ3n) is 4.84. The average molecular weight is 335 g/mol. The van der Waals surface area contributed by atoms with Gasteiger partial charge in [0.15, 0.2) is 0 Å². The first-order valence-electron chi connectivity index (χ1n) is 8.74. The van der Waals surface area contributed by atoms with Crippen LogP contribution in [0.1, 0.15) is 49.4 Å². The van der Waals surface area contributed by atoms with Crippen LogP contribution < -0.4 is 11.2 Å². The Bertz CT molecular complexity index is 719. The van der Waals surface area contributed by atoms with Crippen LogP contribution >= 0.6 is 0 Å². The van der Waals surface area contributed by atoms with Crippen molar-refractivity contribution in [2.75, 3.05) is 13.1 Å². The van der Waals surface area contributed by atoms with Crippen molar-refractivity contribution in [1.82, 2.24) is 14.5 Å². The van der Waals surface area contributed by atoms with E-state index in [0.717, 1.165) is 32.1 Å². The van der Waals surface area contributed by atoms with E-state index in [1.807, 2.05) is 0 Å². The minimum atomic E-state index is -0.623. The van der Waals surface area contributed by atoms with Gasteiger partial charge in [0, 0.05) is 26.3 Å². The van der Waals surface area contributed by atoms with Crippen LogP contribution in [-0.4, -0.2) is 45.7 Å². The van der Waals surface area contributed by atoms with Crippen LogP contribution in [0.5, 0.6) is 0 Å². The van der Waals surface area contributed by atoms with E-state index in [0.29, 0.717) is 19.0 Å². The SMILES string of the molecule is CCCC[C@@H]1CN(C(=O)c2cn(C)c(=O)[nH]c2=O)C[C@H](C2CC2)O1. The molecule has 1 aliphatic heterocycles. The van der Waals surface area contributed by atoms with Crippen LogP contribution in [0.25, 0.3) is 0 Å². The Kier molecular flexibility index (Phi) is 4.89. The van der Waals surface area contributed by atoms with Gasteiger partial charge in [0.25, 0.3) is 11.5 Å². The Labute approximate surface area is 140 Å². The monoisotopic (exact) mass is 335 g/mol. The molecule has 0 spiro atoms. The van der Waals surface area contributed by atoms with Gasteiger partial charge >= 0.3 is 5.69 Å². The predicted octanol–water partition coefficient (Wildman–Crippen LogP) is 0.883. The first kappa shape index (κ1) is 17.0. The predicted molar refractivity (Wildman–Crippen MR) is 89.1 cm³/mol. The molecular formula is C17H25N3O4. The van der Waals surface area contributed by atoms with Gasteiger partial charge in [-0.1, -0.05) is 19.8 Å². The first-order valence-corrected chi connectivity index (χ1v) is 8.74. The number of aromatic nitrogens is 2. The molecule has 2 heterocycles. The number of H-pyrrole nitrogens is 1. The number of carbonyl (C=O) groups excluding carboxylic acids is 1. The summed E-state index contributed by atoms with van der Waals surface area (Å²) in [6.07, 6.45) is 6.78. The van der Waals surface area contributed by atoms with Crippen molar-refractivity contribution < 1.29 is 9.53 Å². The molecule has 0 radical (unpaired) electrons. The molecule has 132 valence electrons. The Morgan fingerprint density at radius 3 is 2.75 bits per heavy atom. The topological polar surface area (TPSA) is 84.4 Å². The highest BCUT2D eigenvalue weighted by Gasteiger charge is 2.40. The summed E-state index contributed by atoms with van der Waals surface area (Å²) in [5.74, 6) is 0.213. The van der Waals surface area contributed by atoms with Crippen molar-refractivity contribution in [3.8, 4) is 0 Å². The molecule has 3 rings (SSSR count). The van der Waals surface area contributed by atoms with E-state index >= 15 is 0 Å². The molecule has 1 aromatic rings. The maximum atomic E-state index is 12.8. The standard InChI is InChI=1S/C17H25N3O4/c1-3-4-5-12-8-20(10-14(24-12)11-6-7-11)16(22)13-9-19(2)17(23)18-15(13)21/h9,11-12,14H,3-8,10H2,1-2H3,(H,18,21,23)/t12-,14-/m1/s1. The van der Waals surface area contributed by atoms with Gasteiger partial charge < -0.3 is 14.2 Å². The number of aromatic amines is 1. The maximum absolute atomic E-state index is 12.8. The molecule has 1 aliphatic carbocycles. The van der Waals surface area contributed by atoms with Gasteiger partial charge in [0.05, 0.1) is 12.2 Å². The Balaban J connectivity index is 1.80. The molecule has 1 saturated heterocycles. The zero-order valence-electron chi connectivity index (χ0n) is 14.3. The second kappa shape index (κ2) is 6.93. The molecule has 1 N–H and O–H groups in total. The fourth-order valence-corrected chi connectivity index (χ4v) is 3.24. The maximum Gasteiger partial charge on any atom is 0.328 e. The molecule has 2 atom stereocenters. The van der Waals surface area contributed by atoms with Gasteiger partial charge in [-0.3, -0.25) is 14.6 Å². The molecule has 1 aromatic heterocycles. The normalized spacial score (nSPS) is 24.2. The highest BCUT2D eigenvalue weighted by molar-refractivity contribution is 5.93. The number of carbonyl (C=O) groups is 1. The van der Waals surface area contributed by atoms with Crippen LogP contribution in [0.15, 0.2) is 15.8 Å². The average Bonchev–Trinajstić information content (AvgIpc) is 3.40. The second-order valence-electron chi connectivity index (χ2n) is 6.90. The third-order valence-corrected chi connectivity index (χ3v) is 4.84. The molecule has 0 aromatic carbocycles. The van der Waals surface area contributed by atoms with E-state index in [4.69, 9.17) is 4.74 Å². The Morgan fingerprint density at radius 1 is 1.33 bits per heavy atom. The van der Waals surface area contributed by atoms with Gasteiger partial charge in [0.2, 0.25) is 0 Å². The quantitative estimate of drug-likeness (QED) is 0.866. The van der Waals surface area contributed by atoms with Gasteiger partial charge in [-0.05, 0) is 25.2 Å². The van der Waals surface area contributed by atoms with E-state index in [1.54, 1.807) is 4.90 Å². The molecule has 7 nitrogen and oxygen atoms in total. The molecule has 1 saturated carbocycles. The van der Waals surface area contributed by atoms with E-state index in [-0.39, 0.29) is 23.7 Å². The number of aryl methyl sites for hydroxylation is 1. The highest BCUT2D eigenvalue weighted by atomic mass is 16.5. The number of unbranched alkanes of at least 4 members (excludes halogenated alkanes) is 1. The molecule has 0 unspecified atom stereocenters. The summed E-state index contributed by atoms with van der Waals surface area (Å²) >= 11 is 0. The van der Waals surface area contributed by atoms with E-state index in [2.05, 4.69) is 11.9 Å². The lowest BCUT2D eigenvalue weighted by molar-refractivity contribution is -0.0874. The Morgan fingerprint density at radius 2 is 2.08 bits per heavy atom. The number of hydrogen-bond acceptors (Lipinski definition) is 4. The number of hydrogen-bond donors (Lipinski definition) is 1. The van der Waals surface area contributed by atoms with Gasteiger partial charge in [0.1, 0.15) is 5.56 Å². The largest absolute Gasteiger partial charge is 0.371 e. The minimum Gasteiger partial charge on any atom is -0.371 e. The van der Waals surface area contributed by atoms with E-state index < -0.39 is 11.2 Å². The third kappa shape index (κ3) is 3.61. The van der Waals surface area contributed by atoms with Crippen LogP contribution in [0, 0.1) is 5.92 Å². The van der Waals surface area contributed by atoms with E-state index in [1.165, 1.54) is 17.8 Å². The number of amides is 1. The van der Waals surface area contributed by atoms with Gasteiger partial charge in [-0.25, -0.2) is 4.79 Å². The van der Waals surface area contributed by atoms with E-state index in [9.17, 15) is 14.4 Å². The summed E-state index contributed by atoms with van der Waals surface area (Å²) in [4.78, 5) is 40.2. The zero-order chi connectivity index (χ0) is 17.3. The van der Waals surface area contributed by atoms with Crippen molar-refractivity contribution in [1.29, 1.82) is 0 Å². The van der Waals surface area contributed by atoms with Crippen molar-refractivity contribution >= 4 is 5.91 Å². The molecule has 7 heteroatoms. The number of ether oxygens (including phenoxy) is 1. The van der Waals surface area contributed by atoms with Crippen LogP contribution in [0.4, 0.5) is 0 Å². The molecule has 0 bridgehead atoms. The van der Waals surface area contributed by atoms with Crippen molar-refractivity contribution in [3.63, 3.8) is 0 Å². The lowest BCUT2D eigenvalue weighted by atomic mass is 10.1.